The van der Waals surface area contributed by atoms with Gasteiger partial charge in [0.2, 0.25) is 5.91 Å². The molecule has 1 heterocycles. The lowest BCUT2D eigenvalue weighted by molar-refractivity contribution is -0.384. The zero-order valence-corrected chi connectivity index (χ0v) is 10.4. The number of nitrogens with zero attached hydrogens (tertiary/aromatic N) is 1. The number of non-ortho nitro benzene ring substituents is 1. The highest BCUT2D eigenvalue weighted by Crippen LogP contribution is 2.28. The first-order valence-electron chi connectivity index (χ1n) is 5.88. The lowest BCUT2D eigenvalue weighted by Crippen LogP contribution is -2.35. The van der Waals surface area contributed by atoms with E-state index in [4.69, 9.17) is 0 Å². The molecule has 0 radical (unpaired) electrons. The average Bonchev–Trinajstić information content (AvgIpc) is 2.80. The molecule has 2 N–H and O–H groups in total. The van der Waals surface area contributed by atoms with Crippen LogP contribution in [0.25, 0.3) is 0 Å². The van der Waals surface area contributed by atoms with Gasteiger partial charge in [0.15, 0.2) is 0 Å². The second-order valence-electron chi connectivity index (χ2n) is 4.86. The van der Waals surface area contributed by atoms with Crippen LogP contribution in [0.4, 0.5) is 15.8 Å². The Morgan fingerprint density at radius 3 is 2.89 bits per heavy atom. The second-order valence-corrected chi connectivity index (χ2v) is 4.86. The van der Waals surface area contributed by atoms with Gasteiger partial charge in [-0.05, 0) is 26.0 Å². The highest BCUT2D eigenvalue weighted by molar-refractivity contribution is 5.95. The summed E-state index contributed by atoms with van der Waals surface area (Å²) >= 11 is 0. The third-order valence-electron chi connectivity index (χ3n) is 3.33. The van der Waals surface area contributed by atoms with Gasteiger partial charge in [0.05, 0.1) is 16.0 Å². The van der Waals surface area contributed by atoms with Crippen LogP contribution >= 0.6 is 0 Å². The number of carbonyl (C=O) groups is 1. The maximum Gasteiger partial charge on any atom is 0.271 e. The predicted molar refractivity (Wildman–Crippen MR) is 67.3 cm³/mol. The molecular weight excluding hydrogens is 253 g/mol. The average molecular weight is 267 g/mol. The molecule has 2 rings (SSSR count). The van der Waals surface area contributed by atoms with Crippen LogP contribution in [0.1, 0.15) is 13.3 Å². The van der Waals surface area contributed by atoms with Gasteiger partial charge in [-0.1, -0.05) is 0 Å². The second kappa shape index (κ2) is 4.93. The van der Waals surface area contributed by atoms with E-state index in [-0.39, 0.29) is 17.3 Å². The molecule has 1 saturated heterocycles. The van der Waals surface area contributed by atoms with Crippen molar-refractivity contribution >= 4 is 17.3 Å². The van der Waals surface area contributed by atoms with Crippen molar-refractivity contribution in [1.82, 2.24) is 5.32 Å². The van der Waals surface area contributed by atoms with E-state index in [2.05, 4.69) is 10.6 Å². The number of hydrogen-bond donors (Lipinski definition) is 2. The van der Waals surface area contributed by atoms with E-state index < -0.39 is 16.2 Å². The molecule has 1 aliphatic heterocycles. The van der Waals surface area contributed by atoms with Crippen LogP contribution in [0.15, 0.2) is 18.2 Å². The van der Waals surface area contributed by atoms with E-state index >= 15 is 0 Å². The van der Waals surface area contributed by atoms with Gasteiger partial charge in [0, 0.05) is 18.7 Å². The number of halogens is 1. The van der Waals surface area contributed by atoms with E-state index in [1.165, 1.54) is 0 Å². The van der Waals surface area contributed by atoms with Gasteiger partial charge in [-0.15, -0.1) is 0 Å². The van der Waals surface area contributed by atoms with Gasteiger partial charge in [-0.2, -0.15) is 0 Å². The summed E-state index contributed by atoms with van der Waals surface area (Å²) in [6, 6.07) is 3.06. The Hall–Kier alpha value is -2.02. The smallest absolute Gasteiger partial charge is 0.271 e. The van der Waals surface area contributed by atoms with Crippen LogP contribution in [0.3, 0.4) is 0 Å². The molecule has 0 spiro atoms. The Balaban J connectivity index is 2.20. The highest BCUT2D eigenvalue weighted by Gasteiger charge is 2.36. The molecule has 1 atom stereocenters. The Morgan fingerprint density at radius 2 is 2.32 bits per heavy atom. The molecule has 102 valence electrons. The molecule has 1 aromatic rings. The maximum atomic E-state index is 13.6. The third-order valence-corrected chi connectivity index (χ3v) is 3.33. The zero-order chi connectivity index (χ0) is 14.0. The van der Waals surface area contributed by atoms with Crippen molar-refractivity contribution in [3.63, 3.8) is 0 Å². The molecule has 0 bridgehead atoms. The first-order valence-corrected chi connectivity index (χ1v) is 5.88. The molecule has 1 unspecified atom stereocenters. The summed E-state index contributed by atoms with van der Waals surface area (Å²) < 4.78 is 13.6. The Kier molecular flexibility index (Phi) is 3.48. The fraction of sp³-hybridized carbons (Fsp3) is 0.417. The van der Waals surface area contributed by atoms with Crippen molar-refractivity contribution in [3.05, 3.63) is 34.1 Å². The summed E-state index contributed by atoms with van der Waals surface area (Å²) in [7, 11) is 0. The summed E-state index contributed by atoms with van der Waals surface area (Å²) in [5, 5.41) is 16.1. The first kappa shape index (κ1) is 13.4. The molecule has 19 heavy (non-hydrogen) atoms. The maximum absolute atomic E-state index is 13.6. The summed E-state index contributed by atoms with van der Waals surface area (Å²) in [6.45, 7) is 3.01. The Morgan fingerprint density at radius 1 is 1.58 bits per heavy atom. The van der Waals surface area contributed by atoms with E-state index in [9.17, 15) is 19.3 Å². The topological polar surface area (TPSA) is 84.3 Å². The minimum Gasteiger partial charge on any atom is -0.323 e. The SMILES string of the molecule is CC1(C(=O)Nc2cc([N+](=O)[O-])ccc2F)CCNC1. The molecule has 7 heteroatoms. The number of hydrogen-bond acceptors (Lipinski definition) is 4. The third kappa shape index (κ3) is 2.70. The molecule has 1 aromatic carbocycles. The highest BCUT2D eigenvalue weighted by atomic mass is 19.1. The number of amides is 1. The Labute approximate surface area is 109 Å². The number of nitrogens with one attached hydrogen (secondary N) is 2. The summed E-state index contributed by atoms with van der Waals surface area (Å²) in [5.74, 6) is -1.02. The van der Waals surface area contributed by atoms with Crippen LogP contribution in [0, 0.1) is 21.3 Å². The van der Waals surface area contributed by atoms with Crippen molar-refractivity contribution in [2.75, 3.05) is 18.4 Å². The minimum absolute atomic E-state index is 0.160. The van der Waals surface area contributed by atoms with Gasteiger partial charge in [0.25, 0.3) is 5.69 Å². The molecule has 6 nitrogen and oxygen atoms in total. The minimum atomic E-state index is -0.687. The summed E-state index contributed by atoms with van der Waals surface area (Å²) in [5.41, 5.74) is -1.03. The van der Waals surface area contributed by atoms with Crippen LogP contribution in [-0.4, -0.2) is 23.9 Å². The van der Waals surface area contributed by atoms with E-state index in [0.717, 1.165) is 24.7 Å². The molecule has 1 fully saturated rings. The predicted octanol–water partition coefficient (Wildman–Crippen LogP) is 1.67. The number of nitro benzene ring substituents is 1. The van der Waals surface area contributed by atoms with Crippen molar-refractivity contribution in [1.29, 1.82) is 0 Å². The molecule has 0 aliphatic carbocycles. The number of nitro groups is 1. The standard InChI is InChI=1S/C12H14FN3O3/c1-12(4-5-14-7-12)11(17)15-10-6-8(16(18)19)2-3-9(10)13/h2-3,6,14H,4-5,7H2,1H3,(H,15,17). The van der Waals surface area contributed by atoms with Crippen molar-refractivity contribution in [3.8, 4) is 0 Å². The van der Waals surface area contributed by atoms with Crippen molar-refractivity contribution < 1.29 is 14.1 Å². The van der Waals surface area contributed by atoms with Gasteiger partial charge < -0.3 is 10.6 Å². The largest absolute Gasteiger partial charge is 0.323 e. The summed E-state index contributed by atoms with van der Waals surface area (Å²) in [4.78, 5) is 22.1. The van der Waals surface area contributed by atoms with E-state index in [1.54, 1.807) is 6.92 Å². The number of carbonyl (C=O) groups excluding carboxylic acids is 1. The monoisotopic (exact) mass is 267 g/mol. The molecule has 1 amide bonds. The first-order chi connectivity index (χ1) is 8.92. The number of benzene rings is 1. The van der Waals surface area contributed by atoms with Crippen LogP contribution < -0.4 is 10.6 Å². The quantitative estimate of drug-likeness (QED) is 0.644. The van der Waals surface area contributed by atoms with E-state index in [0.29, 0.717) is 13.0 Å². The summed E-state index contributed by atoms with van der Waals surface area (Å²) in [6.07, 6.45) is 0.648. The van der Waals surface area contributed by atoms with Crippen LogP contribution in [0.2, 0.25) is 0 Å². The van der Waals surface area contributed by atoms with Crippen molar-refractivity contribution in [2.24, 2.45) is 5.41 Å². The lowest BCUT2D eigenvalue weighted by atomic mass is 9.88. The van der Waals surface area contributed by atoms with Crippen LogP contribution in [-0.2, 0) is 4.79 Å². The van der Waals surface area contributed by atoms with E-state index in [1.807, 2.05) is 0 Å². The molecular formula is C12H14FN3O3. The fourth-order valence-corrected chi connectivity index (χ4v) is 2.01. The zero-order valence-electron chi connectivity index (χ0n) is 10.4. The van der Waals surface area contributed by atoms with Gasteiger partial charge in [-0.3, -0.25) is 14.9 Å². The Bertz CT molecular complexity index is 527. The van der Waals surface area contributed by atoms with Crippen LogP contribution in [0.5, 0.6) is 0 Å². The number of rotatable bonds is 3. The fourth-order valence-electron chi connectivity index (χ4n) is 2.01. The van der Waals surface area contributed by atoms with Gasteiger partial charge >= 0.3 is 0 Å². The molecule has 0 saturated carbocycles. The van der Waals surface area contributed by atoms with Gasteiger partial charge in [0.1, 0.15) is 5.82 Å². The van der Waals surface area contributed by atoms with Crippen molar-refractivity contribution in [2.45, 2.75) is 13.3 Å². The molecule has 1 aliphatic rings. The normalized spacial score (nSPS) is 22.2. The molecule has 0 aromatic heterocycles. The lowest BCUT2D eigenvalue weighted by Gasteiger charge is -2.21. The van der Waals surface area contributed by atoms with Gasteiger partial charge in [-0.25, -0.2) is 4.39 Å². The number of anilines is 1.